The maximum atomic E-state index is 5.69. The number of pyridine rings is 1. The molecule has 0 saturated heterocycles. The Morgan fingerprint density at radius 2 is 1.92 bits per heavy atom. The van der Waals surface area contributed by atoms with Crippen LogP contribution in [0.1, 0.15) is 35.7 Å². The predicted molar refractivity (Wildman–Crippen MR) is 94.7 cm³/mol. The Kier molecular flexibility index (Phi) is 5.53. The maximum Gasteiger partial charge on any atom is 0.159 e. The number of hydrogen-bond donors (Lipinski definition) is 1. The zero-order valence-corrected chi connectivity index (χ0v) is 14.7. The monoisotopic (exact) mass is 338 g/mol. The van der Waals surface area contributed by atoms with E-state index in [4.69, 9.17) is 9.15 Å². The molecular weight excluding hydrogens is 316 g/mol. The van der Waals surface area contributed by atoms with Crippen LogP contribution in [-0.4, -0.2) is 22.1 Å². The maximum absolute atomic E-state index is 5.69. The Balaban J connectivity index is 1.66. The number of aromatic nitrogens is 3. The van der Waals surface area contributed by atoms with Crippen LogP contribution in [0.15, 0.2) is 47.3 Å². The van der Waals surface area contributed by atoms with Crippen molar-refractivity contribution in [1.29, 1.82) is 0 Å². The largest absolute Gasteiger partial charge is 0.462 e. The Bertz CT molecular complexity index is 817. The topological polar surface area (TPSA) is 73.1 Å². The minimum atomic E-state index is 0.113. The van der Waals surface area contributed by atoms with Gasteiger partial charge in [-0.25, -0.2) is 9.97 Å². The summed E-state index contributed by atoms with van der Waals surface area (Å²) in [6, 6.07) is 7.82. The van der Waals surface area contributed by atoms with Crippen LogP contribution >= 0.6 is 0 Å². The van der Waals surface area contributed by atoms with Crippen molar-refractivity contribution in [3.63, 3.8) is 0 Å². The normalized spacial score (nSPS) is 12.3. The fourth-order valence-corrected chi connectivity index (χ4v) is 2.64. The summed E-state index contributed by atoms with van der Waals surface area (Å²) in [6.45, 7) is 5.22. The molecule has 3 heterocycles. The molecule has 6 nitrogen and oxygen atoms in total. The molecule has 0 aromatic carbocycles. The molecule has 0 amide bonds. The van der Waals surface area contributed by atoms with Crippen LogP contribution < -0.4 is 5.32 Å². The lowest BCUT2D eigenvalue weighted by Gasteiger charge is -2.15. The van der Waals surface area contributed by atoms with Crippen LogP contribution in [0.3, 0.4) is 0 Å². The molecule has 0 aliphatic carbocycles. The molecule has 1 atom stereocenters. The van der Waals surface area contributed by atoms with Crippen LogP contribution in [0.4, 0.5) is 0 Å². The minimum absolute atomic E-state index is 0.113. The van der Waals surface area contributed by atoms with Gasteiger partial charge < -0.3 is 14.5 Å². The van der Waals surface area contributed by atoms with Crippen molar-refractivity contribution in [2.24, 2.45) is 0 Å². The van der Waals surface area contributed by atoms with Gasteiger partial charge in [-0.05, 0) is 38.1 Å². The summed E-state index contributed by atoms with van der Waals surface area (Å²) in [4.78, 5) is 13.1. The molecule has 6 heteroatoms. The summed E-state index contributed by atoms with van der Waals surface area (Å²) in [7, 11) is 1.65. The molecule has 0 fully saturated rings. The van der Waals surface area contributed by atoms with Crippen molar-refractivity contribution in [2.75, 3.05) is 7.11 Å². The van der Waals surface area contributed by atoms with E-state index >= 15 is 0 Å². The average molecular weight is 338 g/mol. The Hall–Kier alpha value is -2.57. The van der Waals surface area contributed by atoms with E-state index in [0.29, 0.717) is 19.0 Å². The van der Waals surface area contributed by atoms with Crippen molar-refractivity contribution in [1.82, 2.24) is 20.3 Å². The van der Waals surface area contributed by atoms with Gasteiger partial charge in [0, 0.05) is 48.6 Å². The quantitative estimate of drug-likeness (QED) is 0.711. The molecule has 0 aliphatic heterocycles. The molecular formula is C19H22N4O2. The van der Waals surface area contributed by atoms with Gasteiger partial charge in [0.1, 0.15) is 18.1 Å². The van der Waals surface area contributed by atoms with E-state index in [0.717, 1.165) is 28.3 Å². The van der Waals surface area contributed by atoms with Crippen molar-refractivity contribution >= 4 is 0 Å². The Morgan fingerprint density at radius 1 is 1.16 bits per heavy atom. The van der Waals surface area contributed by atoms with Gasteiger partial charge in [0.05, 0.1) is 6.54 Å². The van der Waals surface area contributed by atoms with Crippen LogP contribution in [-0.2, 0) is 17.9 Å². The zero-order valence-electron chi connectivity index (χ0n) is 14.7. The lowest BCUT2D eigenvalue weighted by Crippen LogP contribution is -2.19. The highest BCUT2D eigenvalue weighted by Crippen LogP contribution is 2.20. The van der Waals surface area contributed by atoms with Crippen molar-refractivity contribution in [3.8, 4) is 11.4 Å². The van der Waals surface area contributed by atoms with E-state index in [1.807, 2.05) is 37.4 Å². The molecule has 130 valence electrons. The van der Waals surface area contributed by atoms with Gasteiger partial charge in [0.25, 0.3) is 0 Å². The number of rotatable bonds is 7. The standard InChI is InChI=1S/C19H22N4O2/c1-13(21-10-16-4-5-17(25-16)12-24-3)18-11-22-19(23-14(18)2)15-6-8-20-9-7-15/h4-9,11,13,21H,10,12H2,1-3H3. The summed E-state index contributed by atoms with van der Waals surface area (Å²) >= 11 is 0. The first-order valence-corrected chi connectivity index (χ1v) is 8.21. The first-order chi connectivity index (χ1) is 12.2. The molecule has 25 heavy (non-hydrogen) atoms. The second-order valence-electron chi connectivity index (χ2n) is 5.87. The van der Waals surface area contributed by atoms with Gasteiger partial charge in [-0.2, -0.15) is 0 Å². The van der Waals surface area contributed by atoms with E-state index in [2.05, 4.69) is 27.2 Å². The lowest BCUT2D eigenvalue weighted by molar-refractivity contribution is 0.162. The number of nitrogens with one attached hydrogen (secondary N) is 1. The molecule has 0 aliphatic rings. The first-order valence-electron chi connectivity index (χ1n) is 8.21. The van der Waals surface area contributed by atoms with E-state index in [1.165, 1.54) is 0 Å². The summed E-state index contributed by atoms with van der Waals surface area (Å²) < 4.78 is 10.8. The smallest absolute Gasteiger partial charge is 0.159 e. The first kappa shape index (κ1) is 17.3. The van der Waals surface area contributed by atoms with Gasteiger partial charge >= 0.3 is 0 Å². The SMILES string of the molecule is COCc1ccc(CNC(C)c2cnc(-c3ccncc3)nc2C)o1. The third-order valence-corrected chi connectivity index (χ3v) is 4.01. The number of methoxy groups -OCH3 is 1. The number of hydrogen-bond acceptors (Lipinski definition) is 6. The molecule has 0 saturated carbocycles. The fourth-order valence-electron chi connectivity index (χ4n) is 2.64. The van der Waals surface area contributed by atoms with Gasteiger partial charge in [-0.3, -0.25) is 4.98 Å². The molecule has 3 aromatic rings. The Labute approximate surface area is 147 Å². The fraction of sp³-hybridized carbons (Fsp3) is 0.316. The van der Waals surface area contributed by atoms with E-state index in [-0.39, 0.29) is 6.04 Å². The average Bonchev–Trinajstić information content (AvgIpc) is 3.08. The van der Waals surface area contributed by atoms with Crippen LogP contribution in [0.2, 0.25) is 0 Å². The zero-order chi connectivity index (χ0) is 17.6. The summed E-state index contributed by atoms with van der Waals surface area (Å²) in [5.41, 5.74) is 2.99. The van der Waals surface area contributed by atoms with E-state index < -0.39 is 0 Å². The molecule has 1 N–H and O–H groups in total. The lowest BCUT2D eigenvalue weighted by atomic mass is 10.1. The summed E-state index contributed by atoms with van der Waals surface area (Å²) in [6.07, 6.45) is 5.37. The summed E-state index contributed by atoms with van der Waals surface area (Å²) in [5.74, 6) is 2.42. The third-order valence-electron chi connectivity index (χ3n) is 4.01. The highest BCUT2D eigenvalue weighted by Gasteiger charge is 2.12. The number of ether oxygens (including phenoxy) is 1. The molecule has 0 bridgehead atoms. The van der Waals surface area contributed by atoms with Crippen LogP contribution in [0.25, 0.3) is 11.4 Å². The molecule has 0 spiro atoms. The molecule has 1 unspecified atom stereocenters. The summed E-state index contributed by atoms with van der Waals surface area (Å²) in [5, 5.41) is 3.45. The van der Waals surface area contributed by atoms with Crippen molar-refractivity contribution < 1.29 is 9.15 Å². The second-order valence-corrected chi connectivity index (χ2v) is 5.87. The van der Waals surface area contributed by atoms with Crippen LogP contribution in [0, 0.1) is 6.92 Å². The molecule has 3 aromatic heterocycles. The van der Waals surface area contributed by atoms with Gasteiger partial charge in [-0.1, -0.05) is 0 Å². The second kappa shape index (κ2) is 8.00. The highest BCUT2D eigenvalue weighted by molar-refractivity contribution is 5.53. The van der Waals surface area contributed by atoms with Crippen molar-refractivity contribution in [2.45, 2.75) is 33.0 Å². The number of nitrogens with zero attached hydrogens (tertiary/aromatic N) is 3. The molecule has 3 rings (SSSR count). The third kappa shape index (κ3) is 4.29. The predicted octanol–water partition coefficient (Wildman–Crippen LogP) is 3.44. The number of furan rings is 1. The Morgan fingerprint density at radius 3 is 2.64 bits per heavy atom. The van der Waals surface area contributed by atoms with Crippen LogP contribution in [0.5, 0.6) is 0 Å². The number of aryl methyl sites for hydroxylation is 1. The van der Waals surface area contributed by atoms with E-state index in [1.54, 1.807) is 19.5 Å². The molecule has 0 radical (unpaired) electrons. The van der Waals surface area contributed by atoms with Gasteiger partial charge in [0.15, 0.2) is 5.82 Å². The van der Waals surface area contributed by atoms with E-state index in [9.17, 15) is 0 Å². The van der Waals surface area contributed by atoms with Crippen molar-refractivity contribution in [3.05, 3.63) is 65.6 Å². The minimum Gasteiger partial charge on any atom is -0.462 e. The highest BCUT2D eigenvalue weighted by atomic mass is 16.5. The van der Waals surface area contributed by atoms with Gasteiger partial charge in [-0.15, -0.1) is 0 Å². The van der Waals surface area contributed by atoms with Gasteiger partial charge in [0.2, 0.25) is 0 Å².